The summed E-state index contributed by atoms with van der Waals surface area (Å²) >= 11 is 41.4. The first-order chi connectivity index (χ1) is 11.6. The summed E-state index contributed by atoms with van der Waals surface area (Å²) in [5.74, 6) is -0.512. The molecule has 10 heteroatoms. The lowest BCUT2D eigenvalue weighted by Crippen LogP contribution is -2.49. The first-order valence-electron chi connectivity index (χ1n) is 6.62. The minimum Gasteiger partial charge on any atom is -0.362 e. The molecule has 1 unspecified atom stereocenters. The van der Waals surface area contributed by atoms with Crippen molar-refractivity contribution in [1.82, 2.24) is 5.32 Å². The van der Waals surface area contributed by atoms with Crippen LogP contribution >= 0.6 is 81.2 Å². The van der Waals surface area contributed by atoms with Crippen LogP contribution < -0.4 is 10.6 Å². The standard InChI is InChI=1S/C15H9Cl7N2O/c16-9-3-1-7(5-11(9)18)13(25)24-14(15(20,21)22)23-8-2-4-10(17)12(19)6-8/h1-6,14,23H,(H,24,25). The van der Waals surface area contributed by atoms with E-state index in [0.717, 1.165) is 0 Å². The lowest BCUT2D eigenvalue weighted by Gasteiger charge is -2.27. The van der Waals surface area contributed by atoms with Crippen molar-refractivity contribution in [3.8, 4) is 0 Å². The zero-order valence-electron chi connectivity index (χ0n) is 12.1. The third-order valence-electron chi connectivity index (χ3n) is 3.02. The van der Waals surface area contributed by atoms with Crippen LogP contribution in [0, 0.1) is 0 Å². The van der Waals surface area contributed by atoms with Crippen LogP contribution in [0.4, 0.5) is 5.69 Å². The molecule has 0 saturated carbocycles. The van der Waals surface area contributed by atoms with Crippen LogP contribution in [0.2, 0.25) is 20.1 Å². The third kappa shape index (κ3) is 5.86. The van der Waals surface area contributed by atoms with Gasteiger partial charge in [0.2, 0.25) is 3.79 Å². The smallest absolute Gasteiger partial charge is 0.253 e. The highest BCUT2D eigenvalue weighted by molar-refractivity contribution is 6.68. The highest BCUT2D eigenvalue weighted by atomic mass is 35.6. The Morgan fingerprint density at radius 3 is 1.92 bits per heavy atom. The molecule has 0 aliphatic heterocycles. The van der Waals surface area contributed by atoms with Crippen LogP contribution in [0.5, 0.6) is 0 Å². The topological polar surface area (TPSA) is 41.1 Å². The number of amides is 1. The lowest BCUT2D eigenvalue weighted by molar-refractivity contribution is 0.0942. The van der Waals surface area contributed by atoms with Gasteiger partial charge in [0, 0.05) is 11.3 Å². The van der Waals surface area contributed by atoms with Crippen LogP contribution in [0.25, 0.3) is 0 Å². The van der Waals surface area contributed by atoms with Crippen molar-refractivity contribution in [1.29, 1.82) is 0 Å². The van der Waals surface area contributed by atoms with Crippen LogP contribution in [0.15, 0.2) is 36.4 Å². The lowest BCUT2D eigenvalue weighted by atomic mass is 10.2. The molecule has 0 radical (unpaired) electrons. The molecular formula is C15H9Cl7N2O. The highest BCUT2D eigenvalue weighted by Crippen LogP contribution is 2.33. The second-order valence-electron chi connectivity index (χ2n) is 4.85. The Kier molecular flexibility index (Phi) is 7.26. The molecule has 0 aliphatic rings. The fourth-order valence-electron chi connectivity index (χ4n) is 1.80. The Hall–Kier alpha value is -0.260. The number of alkyl halides is 3. The van der Waals surface area contributed by atoms with E-state index in [-0.39, 0.29) is 10.6 Å². The molecular weight excluding hydrogens is 472 g/mol. The van der Waals surface area contributed by atoms with Crippen LogP contribution in [0.3, 0.4) is 0 Å². The number of hydrogen-bond acceptors (Lipinski definition) is 2. The molecule has 0 fully saturated rings. The van der Waals surface area contributed by atoms with E-state index in [1.54, 1.807) is 18.2 Å². The molecule has 2 aromatic carbocycles. The van der Waals surface area contributed by atoms with E-state index >= 15 is 0 Å². The highest BCUT2D eigenvalue weighted by Gasteiger charge is 2.34. The molecule has 1 amide bonds. The fraction of sp³-hybridized carbons (Fsp3) is 0.133. The zero-order valence-corrected chi connectivity index (χ0v) is 17.4. The molecule has 134 valence electrons. The average Bonchev–Trinajstić information content (AvgIpc) is 2.52. The first-order valence-corrected chi connectivity index (χ1v) is 9.26. The Morgan fingerprint density at radius 2 is 1.40 bits per heavy atom. The van der Waals surface area contributed by atoms with Crippen molar-refractivity contribution in [3.63, 3.8) is 0 Å². The van der Waals surface area contributed by atoms with Gasteiger partial charge in [0.05, 0.1) is 20.1 Å². The Bertz CT molecular complexity index is 792. The maximum absolute atomic E-state index is 12.4. The van der Waals surface area contributed by atoms with Gasteiger partial charge in [-0.3, -0.25) is 4.79 Å². The number of halogens is 7. The summed E-state index contributed by atoms with van der Waals surface area (Å²) < 4.78 is -1.85. The number of nitrogens with one attached hydrogen (secondary N) is 2. The van der Waals surface area contributed by atoms with Crippen molar-refractivity contribution >= 4 is 92.8 Å². The van der Waals surface area contributed by atoms with E-state index in [0.29, 0.717) is 20.8 Å². The summed E-state index contributed by atoms with van der Waals surface area (Å²) in [7, 11) is 0. The van der Waals surface area contributed by atoms with Crippen molar-refractivity contribution in [3.05, 3.63) is 62.1 Å². The predicted octanol–water partition coefficient (Wildman–Crippen LogP) is 6.84. The first kappa shape index (κ1) is 21.0. The normalized spacial score (nSPS) is 12.6. The van der Waals surface area contributed by atoms with E-state index in [4.69, 9.17) is 81.2 Å². The Morgan fingerprint density at radius 1 is 0.840 bits per heavy atom. The number of carbonyl (C=O) groups excluding carboxylic acids is 1. The molecule has 0 heterocycles. The largest absolute Gasteiger partial charge is 0.362 e. The van der Waals surface area contributed by atoms with Gasteiger partial charge in [-0.05, 0) is 36.4 Å². The quantitative estimate of drug-likeness (QED) is 0.371. The van der Waals surface area contributed by atoms with Gasteiger partial charge in [0.1, 0.15) is 6.17 Å². The van der Waals surface area contributed by atoms with E-state index in [2.05, 4.69) is 10.6 Å². The van der Waals surface area contributed by atoms with Crippen molar-refractivity contribution in [2.75, 3.05) is 5.32 Å². The van der Waals surface area contributed by atoms with Gasteiger partial charge in [0.25, 0.3) is 5.91 Å². The third-order valence-corrected chi connectivity index (χ3v) is 5.15. The van der Waals surface area contributed by atoms with Gasteiger partial charge >= 0.3 is 0 Å². The monoisotopic (exact) mass is 478 g/mol. The summed E-state index contributed by atoms with van der Waals surface area (Å²) in [5.41, 5.74) is 0.754. The Balaban J connectivity index is 2.21. The number of rotatable bonds is 4. The summed E-state index contributed by atoms with van der Waals surface area (Å²) in [6.45, 7) is 0. The molecule has 1 atom stereocenters. The van der Waals surface area contributed by atoms with Crippen molar-refractivity contribution < 1.29 is 4.79 Å². The molecule has 3 nitrogen and oxygen atoms in total. The summed E-state index contributed by atoms with van der Waals surface area (Å²) in [6.07, 6.45) is -1.06. The second-order valence-corrected chi connectivity index (χ2v) is 8.85. The maximum atomic E-state index is 12.4. The van der Waals surface area contributed by atoms with Gasteiger partial charge in [-0.25, -0.2) is 0 Å². The predicted molar refractivity (Wildman–Crippen MR) is 108 cm³/mol. The molecule has 0 bridgehead atoms. The minimum atomic E-state index is -1.85. The van der Waals surface area contributed by atoms with Crippen LogP contribution in [-0.4, -0.2) is 15.9 Å². The van der Waals surface area contributed by atoms with E-state index in [9.17, 15) is 4.79 Å². The van der Waals surface area contributed by atoms with Crippen molar-refractivity contribution in [2.45, 2.75) is 9.96 Å². The minimum absolute atomic E-state index is 0.234. The molecule has 0 spiro atoms. The molecule has 25 heavy (non-hydrogen) atoms. The van der Waals surface area contributed by atoms with Gasteiger partial charge in [-0.1, -0.05) is 81.2 Å². The number of carbonyl (C=O) groups is 1. The van der Waals surface area contributed by atoms with Crippen molar-refractivity contribution in [2.24, 2.45) is 0 Å². The van der Waals surface area contributed by atoms with Gasteiger partial charge < -0.3 is 10.6 Å². The molecule has 2 aromatic rings. The summed E-state index contributed by atoms with van der Waals surface area (Å²) in [5, 5.41) is 6.70. The van der Waals surface area contributed by atoms with Gasteiger partial charge in [-0.2, -0.15) is 0 Å². The second kappa shape index (κ2) is 8.62. The Labute approximate surface area is 179 Å². The SMILES string of the molecule is O=C(NC(Nc1ccc(Cl)c(Cl)c1)C(Cl)(Cl)Cl)c1ccc(Cl)c(Cl)c1. The van der Waals surface area contributed by atoms with Gasteiger partial charge in [0.15, 0.2) is 0 Å². The molecule has 2 rings (SSSR count). The maximum Gasteiger partial charge on any atom is 0.253 e. The van der Waals surface area contributed by atoms with Gasteiger partial charge in [-0.15, -0.1) is 0 Å². The number of anilines is 1. The number of hydrogen-bond donors (Lipinski definition) is 2. The summed E-state index contributed by atoms with van der Waals surface area (Å²) in [6, 6.07) is 9.14. The zero-order chi connectivity index (χ0) is 18.8. The fourth-order valence-corrected chi connectivity index (χ4v) is 2.73. The average molecular weight is 481 g/mol. The van der Waals surface area contributed by atoms with E-state index in [1.165, 1.54) is 18.2 Å². The van der Waals surface area contributed by atoms with E-state index < -0.39 is 15.9 Å². The van der Waals surface area contributed by atoms with Crippen LogP contribution in [-0.2, 0) is 0 Å². The van der Waals surface area contributed by atoms with Crippen LogP contribution in [0.1, 0.15) is 10.4 Å². The molecule has 0 saturated heterocycles. The molecule has 2 N–H and O–H groups in total. The number of benzene rings is 2. The molecule has 0 aliphatic carbocycles. The van der Waals surface area contributed by atoms with E-state index in [1.807, 2.05) is 0 Å². The molecule has 0 aromatic heterocycles. The summed E-state index contributed by atoms with van der Waals surface area (Å²) in [4.78, 5) is 12.4.